The van der Waals surface area contributed by atoms with Gasteiger partial charge in [0.25, 0.3) is 0 Å². The van der Waals surface area contributed by atoms with E-state index in [0.717, 1.165) is 16.5 Å². The summed E-state index contributed by atoms with van der Waals surface area (Å²) in [4.78, 5) is 27.8. The van der Waals surface area contributed by atoms with Crippen molar-refractivity contribution in [1.29, 1.82) is 0 Å². The summed E-state index contributed by atoms with van der Waals surface area (Å²) in [5.74, 6) is -0.649. The number of rotatable bonds is 7. The van der Waals surface area contributed by atoms with Gasteiger partial charge >= 0.3 is 5.97 Å². The number of amides is 1. The molecule has 2 aromatic rings. The number of nitrogens with one attached hydrogen (secondary N) is 2. The summed E-state index contributed by atoms with van der Waals surface area (Å²) in [5.41, 5.74) is 6.64. The quantitative estimate of drug-likeness (QED) is 0.662. The standard InChI is InChI=1S/C20H29N3O3/c1-12(2)10-16(18(21)24)23-17(19(25)26-20(3,4)5)14-6-7-15-13(11-14)8-9-22-15/h6-9,11-12,16-17,22-23H,10H2,1-5H3,(H2,21,24)/t16-,17?/m1/s1. The van der Waals surface area contributed by atoms with Crippen molar-refractivity contribution in [3.8, 4) is 0 Å². The summed E-state index contributed by atoms with van der Waals surface area (Å²) in [7, 11) is 0. The van der Waals surface area contributed by atoms with Crippen molar-refractivity contribution in [2.24, 2.45) is 11.7 Å². The van der Waals surface area contributed by atoms with Crippen LogP contribution in [0, 0.1) is 5.92 Å². The molecule has 1 aromatic heterocycles. The lowest BCUT2D eigenvalue weighted by Gasteiger charge is -2.28. The molecule has 4 N–H and O–H groups in total. The molecule has 1 aromatic carbocycles. The molecule has 2 rings (SSSR count). The number of H-pyrrole nitrogens is 1. The summed E-state index contributed by atoms with van der Waals surface area (Å²) < 4.78 is 5.57. The number of fused-ring (bicyclic) bond motifs is 1. The van der Waals surface area contributed by atoms with Crippen LogP contribution in [0.1, 0.15) is 52.6 Å². The van der Waals surface area contributed by atoms with E-state index in [1.54, 1.807) is 0 Å². The van der Waals surface area contributed by atoms with Crippen molar-refractivity contribution < 1.29 is 14.3 Å². The number of hydrogen-bond acceptors (Lipinski definition) is 4. The molecule has 0 aliphatic rings. The van der Waals surface area contributed by atoms with Gasteiger partial charge in [-0.1, -0.05) is 19.9 Å². The number of hydrogen-bond donors (Lipinski definition) is 3. The molecule has 1 heterocycles. The van der Waals surface area contributed by atoms with Crippen molar-refractivity contribution in [2.45, 2.75) is 58.7 Å². The van der Waals surface area contributed by atoms with Crippen LogP contribution in [0.15, 0.2) is 30.5 Å². The highest BCUT2D eigenvalue weighted by Gasteiger charge is 2.31. The van der Waals surface area contributed by atoms with E-state index >= 15 is 0 Å². The molecule has 0 aliphatic heterocycles. The van der Waals surface area contributed by atoms with Crippen molar-refractivity contribution in [3.05, 3.63) is 36.0 Å². The number of nitrogens with two attached hydrogens (primary N) is 1. The van der Waals surface area contributed by atoms with E-state index in [9.17, 15) is 9.59 Å². The number of esters is 1. The fourth-order valence-corrected chi connectivity index (χ4v) is 2.85. The van der Waals surface area contributed by atoms with Gasteiger partial charge in [0.15, 0.2) is 0 Å². The molecular formula is C20H29N3O3. The minimum Gasteiger partial charge on any atom is -0.459 e. The van der Waals surface area contributed by atoms with E-state index in [1.807, 2.05) is 65.1 Å². The molecule has 0 radical (unpaired) electrons. The Morgan fingerprint density at radius 3 is 2.50 bits per heavy atom. The van der Waals surface area contributed by atoms with E-state index in [-0.39, 0.29) is 5.92 Å². The van der Waals surface area contributed by atoms with Crippen LogP contribution in [0.5, 0.6) is 0 Å². The van der Waals surface area contributed by atoms with Crippen LogP contribution in [0.3, 0.4) is 0 Å². The van der Waals surface area contributed by atoms with Gasteiger partial charge in [0.1, 0.15) is 11.6 Å². The van der Waals surface area contributed by atoms with Gasteiger partial charge < -0.3 is 15.5 Å². The zero-order valence-electron chi connectivity index (χ0n) is 16.1. The van der Waals surface area contributed by atoms with Crippen molar-refractivity contribution in [1.82, 2.24) is 10.3 Å². The fraction of sp³-hybridized carbons (Fsp3) is 0.500. The molecule has 26 heavy (non-hydrogen) atoms. The van der Waals surface area contributed by atoms with Crippen LogP contribution in [0.4, 0.5) is 0 Å². The number of carbonyl (C=O) groups is 2. The SMILES string of the molecule is CC(C)C[C@@H](NC(C(=O)OC(C)(C)C)c1ccc2[nH]ccc2c1)C(N)=O. The first-order chi connectivity index (χ1) is 12.1. The normalized spacial score (nSPS) is 14.4. The summed E-state index contributed by atoms with van der Waals surface area (Å²) in [6.45, 7) is 9.46. The Kier molecular flexibility index (Phi) is 6.08. The molecule has 6 nitrogen and oxygen atoms in total. The number of aromatic nitrogens is 1. The lowest BCUT2D eigenvalue weighted by atomic mass is 9.99. The molecule has 6 heteroatoms. The van der Waals surface area contributed by atoms with Crippen molar-refractivity contribution in [3.63, 3.8) is 0 Å². The molecule has 0 aliphatic carbocycles. The van der Waals surface area contributed by atoms with Gasteiger partial charge in [0.2, 0.25) is 5.91 Å². The smallest absolute Gasteiger partial charge is 0.328 e. The number of primary amides is 1. The first kappa shape index (κ1) is 20.0. The topological polar surface area (TPSA) is 97.2 Å². The summed E-state index contributed by atoms with van der Waals surface area (Å²) in [6.07, 6.45) is 2.39. The Labute approximate surface area is 154 Å². The average Bonchev–Trinajstić information content (AvgIpc) is 2.96. The van der Waals surface area contributed by atoms with E-state index in [4.69, 9.17) is 10.5 Å². The summed E-state index contributed by atoms with van der Waals surface area (Å²) in [5, 5.41) is 4.10. The lowest BCUT2D eigenvalue weighted by Crippen LogP contribution is -2.47. The molecule has 142 valence electrons. The van der Waals surface area contributed by atoms with E-state index in [1.165, 1.54) is 0 Å². The third-order valence-electron chi connectivity index (χ3n) is 3.97. The Morgan fingerprint density at radius 1 is 1.23 bits per heavy atom. The molecule has 0 fully saturated rings. The molecule has 2 atom stereocenters. The van der Waals surface area contributed by atoms with Crippen molar-refractivity contribution in [2.75, 3.05) is 0 Å². The van der Waals surface area contributed by atoms with Crippen LogP contribution >= 0.6 is 0 Å². The zero-order chi connectivity index (χ0) is 19.5. The fourth-order valence-electron chi connectivity index (χ4n) is 2.85. The molecule has 0 spiro atoms. The van der Waals surface area contributed by atoms with Crippen LogP contribution in [-0.2, 0) is 14.3 Å². The molecule has 1 unspecified atom stereocenters. The molecule has 0 bridgehead atoms. The highest BCUT2D eigenvalue weighted by molar-refractivity contribution is 5.85. The predicted octanol–water partition coefficient (Wildman–Crippen LogP) is 3.04. The third-order valence-corrected chi connectivity index (χ3v) is 3.97. The predicted molar refractivity (Wildman–Crippen MR) is 102 cm³/mol. The van der Waals surface area contributed by atoms with Gasteiger partial charge in [-0.05, 0) is 62.3 Å². The van der Waals surface area contributed by atoms with E-state index in [0.29, 0.717) is 6.42 Å². The van der Waals surface area contributed by atoms with Gasteiger partial charge in [-0.2, -0.15) is 0 Å². The van der Waals surface area contributed by atoms with Crippen LogP contribution in [-0.4, -0.2) is 28.5 Å². The highest BCUT2D eigenvalue weighted by Crippen LogP contribution is 2.24. The van der Waals surface area contributed by atoms with Crippen LogP contribution in [0.25, 0.3) is 10.9 Å². The number of aromatic amines is 1. The van der Waals surface area contributed by atoms with Crippen LogP contribution < -0.4 is 11.1 Å². The zero-order valence-corrected chi connectivity index (χ0v) is 16.1. The number of benzene rings is 1. The maximum absolute atomic E-state index is 12.8. The molecule has 0 saturated heterocycles. The van der Waals surface area contributed by atoms with Gasteiger partial charge in [-0.15, -0.1) is 0 Å². The Balaban J connectivity index is 2.36. The first-order valence-electron chi connectivity index (χ1n) is 8.92. The second kappa shape index (κ2) is 7.91. The molecule has 1 amide bonds. The van der Waals surface area contributed by atoms with Gasteiger partial charge in [0.05, 0.1) is 6.04 Å². The highest BCUT2D eigenvalue weighted by atomic mass is 16.6. The minimum atomic E-state index is -0.773. The van der Waals surface area contributed by atoms with Gasteiger partial charge in [-0.25, -0.2) is 4.79 Å². The second-order valence-electron chi connectivity index (χ2n) is 8.04. The van der Waals surface area contributed by atoms with Crippen LogP contribution in [0.2, 0.25) is 0 Å². The minimum absolute atomic E-state index is 0.256. The summed E-state index contributed by atoms with van der Waals surface area (Å²) in [6, 6.07) is 6.23. The largest absolute Gasteiger partial charge is 0.459 e. The first-order valence-corrected chi connectivity index (χ1v) is 8.92. The number of ether oxygens (including phenoxy) is 1. The maximum atomic E-state index is 12.8. The van der Waals surface area contributed by atoms with Crippen molar-refractivity contribution >= 4 is 22.8 Å². The van der Waals surface area contributed by atoms with Gasteiger partial charge in [0, 0.05) is 11.7 Å². The van der Waals surface area contributed by atoms with E-state index < -0.39 is 29.6 Å². The Morgan fingerprint density at radius 2 is 1.92 bits per heavy atom. The maximum Gasteiger partial charge on any atom is 0.328 e. The summed E-state index contributed by atoms with van der Waals surface area (Å²) >= 11 is 0. The lowest BCUT2D eigenvalue weighted by molar-refractivity contribution is -0.158. The molecular weight excluding hydrogens is 330 g/mol. The Hall–Kier alpha value is -2.34. The number of carbonyl (C=O) groups excluding carboxylic acids is 2. The monoisotopic (exact) mass is 359 g/mol. The van der Waals surface area contributed by atoms with Gasteiger partial charge in [-0.3, -0.25) is 10.1 Å². The van der Waals surface area contributed by atoms with E-state index in [2.05, 4.69) is 10.3 Å². The average molecular weight is 359 g/mol. The molecule has 0 saturated carbocycles. The third kappa shape index (κ3) is 5.33. The second-order valence-corrected chi connectivity index (χ2v) is 8.04. The Bertz CT molecular complexity index is 774.